The van der Waals surface area contributed by atoms with Crippen molar-refractivity contribution >= 4 is 34.8 Å². The van der Waals surface area contributed by atoms with Crippen LogP contribution in [0.1, 0.15) is 27.9 Å². The number of nitrogens with zero attached hydrogens (tertiary/aromatic N) is 4. The molecule has 0 saturated carbocycles. The number of carbonyl (C=O) groups excluding carboxylic acids is 1. The van der Waals surface area contributed by atoms with Gasteiger partial charge in [0.15, 0.2) is 0 Å². The topological polar surface area (TPSA) is 214 Å². The molecular weight excluding hydrogens is 493 g/mol. The number of ether oxygens (including phenoxy) is 1. The number of rotatable bonds is 10. The average Bonchev–Trinajstić information content (AvgIpc) is 2.84. The number of nitro groups is 2. The van der Waals surface area contributed by atoms with E-state index in [2.05, 4.69) is 14.7 Å². The first kappa shape index (κ1) is 26.5. The molecule has 0 radical (unpaired) electrons. The molecule has 0 saturated heterocycles. The highest BCUT2D eigenvalue weighted by molar-refractivity contribution is 5.89. The van der Waals surface area contributed by atoms with Crippen LogP contribution in [0.2, 0.25) is 0 Å². The number of esters is 1. The summed E-state index contributed by atoms with van der Waals surface area (Å²) in [4.78, 5) is 52.4. The van der Waals surface area contributed by atoms with Gasteiger partial charge in [0.05, 0.1) is 34.1 Å². The molecule has 0 aliphatic heterocycles. The van der Waals surface area contributed by atoms with Crippen LogP contribution in [0.4, 0.5) is 33.2 Å². The van der Waals surface area contributed by atoms with Crippen LogP contribution in [0.15, 0.2) is 41.2 Å². The SMILES string of the molecule is COC(=O)c1ccc(CN(CCCc2c(N)nc(N)[nH]c2=O)c2cc(F)c([N+](=O)[O-])cc2[N+](=O)[O-])cc1. The van der Waals surface area contributed by atoms with Gasteiger partial charge in [-0.05, 0) is 30.5 Å². The Morgan fingerprint density at radius 2 is 1.78 bits per heavy atom. The average molecular weight is 515 g/mol. The Morgan fingerprint density at radius 3 is 2.35 bits per heavy atom. The number of methoxy groups -OCH3 is 1. The van der Waals surface area contributed by atoms with Gasteiger partial charge in [0.2, 0.25) is 11.8 Å². The van der Waals surface area contributed by atoms with E-state index in [1.54, 1.807) is 12.1 Å². The second kappa shape index (κ2) is 11.1. The summed E-state index contributed by atoms with van der Waals surface area (Å²) in [7, 11) is 1.23. The van der Waals surface area contributed by atoms with Crippen molar-refractivity contribution in [1.82, 2.24) is 9.97 Å². The Bertz CT molecular complexity index is 1410. The Morgan fingerprint density at radius 1 is 1.14 bits per heavy atom. The fourth-order valence-corrected chi connectivity index (χ4v) is 3.67. The fraction of sp³-hybridized carbons (Fsp3) is 0.227. The minimum absolute atomic E-state index is 0.00533. The molecule has 194 valence electrons. The van der Waals surface area contributed by atoms with Gasteiger partial charge in [-0.25, -0.2) is 4.79 Å². The van der Waals surface area contributed by atoms with Crippen LogP contribution in [0, 0.1) is 26.0 Å². The molecule has 1 heterocycles. The largest absolute Gasteiger partial charge is 0.465 e. The Labute approximate surface area is 208 Å². The molecule has 0 aliphatic rings. The maximum Gasteiger partial charge on any atom is 0.337 e. The summed E-state index contributed by atoms with van der Waals surface area (Å²) in [5, 5.41) is 22.9. The van der Waals surface area contributed by atoms with Gasteiger partial charge in [0.1, 0.15) is 11.5 Å². The third kappa shape index (κ3) is 6.14. The zero-order valence-electron chi connectivity index (χ0n) is 19.5. The summed E-state index contributed by atoms with van der Waals surface area (Å²) in [5.74, 6) is -2.03. The number of H-pyrrole nitrogens is 1. The number of nitro benzene ring substituents is 2. The van der Waals surface area contributed by atoms with Crippen LogP contribution >= 0.6 is 0 Å². The lowest BCUT2D eigenvalue weighted by Gasteiger charge is -2.25. The van der Waals surface area contributed by atoms with Crippen molar-refractivity contribution in [2.24, 2.45) is 0 Å². The molecule has 37 heavy (non-hydrogen) atoms. The number of carbonyl (C=O) groups is 1. The predicted molar refractivity (Wildman–Crippen MR) is 131 cm³/mol. The van der Waals surface area contributed by atoms with E-state index < -0.39 is 38.6 Å². The molecule has 15 heteroatoms. The first-order valence-corrected chi connectivity index (χ1v) is 10.7. The summed E-state index contributed by atoms with van der Waals surface area (Å²) in [5.41, 5.74) is 9.81. The van der Waals surface area contributed by atoms with Crippen molar-refractivity contribution in [2.75, 3.05) is 30.0 Å². The first-order valence-electron chi connectivity index (χ1n) is 10.7. The number of aromatic nitrogens is 2. The summed E-state index contributed by atoms with van der Waals surface area (Å²) in [6.07, 6.45) is 0.324. The van der Waals surface area contributed by atoms with Crippen LogP contribution in [0.25, 0.3) is 0 Å². The zero-order chi connectivity index (χ0) is 27.3. The van der Waals surface area contributed by atoms with Gasteiger partial charge in [-0.15, -0.1) is 0 Å². The third-order valence-electron chi connectivity index (χ3n) is 5.45. The number of anilines is 3. The third-order valence-corrected chi connectivity index (χ3v) is 5.45. The second-order valence-electron chi connectivity index (χ2n) is 7.84. The molecule has 2 aromatic carbocycles. The monoisotopic (exact) mass is 515 g/mol. The predicted octanol–water partition coefficient (Wildman–Crippen LogP) is 2.32. The van der Waals surface area contributed by atoms with E-state index in [1.165, 1.54) is 24.1 Å². The molecule has 0 bridgehead atoms. The Kier molecular flexibility index (Phi) is 7.96. The van der Waals surface area contributed by atoms with Gasteiger partial charge in [0, 0.05) is 19.2 Å². The molecule has 3 rings (SSSR count). The van der Waals surface area contributed by atoms with Gasteiger partial charge >= 0.3 is 11.7 Å². The van der Waals surface area contributed by atoms with Crippen LogP contribution in [0.5, 0.6) is 0 Å². The molecule has 0 unspecified atom stereocenters. The Hall–Kier alpha value is -5.08. The summed E-state index contributed by atoms with van der Waals surface area (Å²) < 4.78 is 19.2. The number of hydrogen-bond acceptors (Lipinski definition) is 11. The minimum atomic E-state index is -1.25. The molecule has 1 aromatic heterocycles. The summed E-state index contributed by atoms with van der Waals surface area (Å²) in [6.45, 7) is 0.0610. The smallest absolute Gasteiger partial charge is 0.337 e. The molecule has 0 atom stereocenters. The van der Waals surface area contributed by atoms with Crippen molar-refractivity contribution in [3.63, 3.8) is 0 Å². The Balaban J connectivity index is 1.97. The quantitative estimate of drug-likeness (QED) is 0.202. The number of aromatic amines is 1. The molecular formula is C22H22FN7O7. The number of halogens is 1. The lowest BCUT2D eigenvalue weighted by molar-refractivity contribution is -0.395. The van der Waals surface area contributed by atoms with E-state index in [9.17, 15) is 34.2 Å². The fourth-order valence-electron chi connectivity index (χ4n) is 3.67. The van der Waals surface area contributed by atoms with Gasteiger partial charge in [-0.3, -0.25) is 30.0 Å². The van der Waals surface area contributed by atoms with Gasteiger partial charge < -0.3 is 21.1 Å². The van der Waals surface area contributed by atoms with Crippen LogP contribution in [0.3, 0.4) is 0 Å². The summed E-state index contributed by atoms with van der Waals surface area (Å²) >= 11 is 0. The van der Waals surface area contributed by atoms with E-state index in [0.29, 0.717) is 11.6 Å². The number of nitrogens with one attached hydrogen (secondary N) is 1. The van der Waals surface area contributed by atoms with E-state index >= 15 is 0 Å². The van der Waals surface area contributed by atoms with Crippen LogP contribution < -0.4 is 21.9 Å². The van der Waals surface area contributed by atoms with Crippen LogP contribution in [-0.4, -0.2) is 39.4 Å². The van der Waals surface area contributed by atoms with Gasteiger partial charge in [-0.2, -0.15) is 9.37 Å². The van der Waals surface area contributed by atoms with Crippen molar-refractivity contribution in [1.29, 1.82) is 0 Å². The minimum Gasteiger partial charge on any atom is -0.465 e. The second-order valence-corrected chi connectivity index (χ2v) is 7.84. The summed E-state index contributed by atoms with van der Waals surface area (Å²) in [6, 6.07) is 7.43. The molecule has 3 aromatic rings. The number of benzene rings is 2. The zero-order valence-corrected chi connectivity index (χ0v) is 19.5. The van der Waals surface area contributed by atoms with Gasteiger partial charge in [-0.1, -0.05) is 12.1 Å². The maximum absolute atomic E-state index is 14.5. The highest BCUT2D eigenvalue weighted by Gasteiger charge is 2.28. The lowest BCUT2D eigenvalue weighted by Crippen LogP contribution is -2.27. The maximum atomic E-state index is 14.5. The number of hydrogen-bond donors (Lipinski definition) is 3. The number of nitrogen functional groups attached to an aromatic ring is 2. The van der Waals surface area contributed by atoms with E-state index in [-0.39, 0.29) is 54.5 Å². The molecule has 0 fully saturated rings. The molecule has 0 aliphatic carbocycles. The van der Waals surface area contributed by atoms with Crippen LogP contribution in [-0.2, 0) is 17.7 Å². The van der Waals surface area contributed by atoms with E-state index in [1.807, 2.05) is 0 Å². The highest BCUT2D eigenvalue weighted by atomic mass is 19.1. The molecule has 0 amide bonds. The highest BCUT2D eigenvalue weighted by Crippen LogP contribution is 2.35. The van der Waals surface area contributed by atoms with Gasteiger partial charge in [0.25, 0.3) is 11.2 Å². The van der Waals surface area contributed by atoms with Crippen molar-refractivity contribution in [3.05, 3.63) is 89.5 Å². The number of nitrogens with two attached hydrogens (primary N) is 2. The van der Waals surface area contributed by atoms with E-state index in [4.69, 9.17) is 11.5 Å². The van der Waals surface area contributed by atoms with Crippen molar-refractivity contribution < 1.29 is 23.8 Å². The molecule has 0 spiro atoms. The normalized spacial score (nSPS) is 10.6. The molecule has 5 N–H and O–H groups in total. The van der Waals surface area contributed by atoms with Crippen molar-refractivity contribution in [2.45, 2.75) is 19.4 Å². The van der Waals surface area contributed by atoms with E-state index in [0.717, 1.165) is 6.07 Å². The lowest BCUT2D eigenvalue weighted by atomic mass is 10.1. The first-order chi connectivity index (χ1) is 17.5. The molecule has 14 nitrogen and oxygen atoms in total. The standard InChI is InChI=1S/C22H22FN7O7/c1-37-21(32)13-6-4-12(5-7-13)11-28(8-2-3-14-19(24)26-22(25)27-20(14)31)17-9-15(23)16(29(33)34)10-18(17)30(35)36/h4-7,9-10H,2-3,8,11H2,1H3,(H5,24,25,26,27,31). The van der Waals surface area contributed by atoms with Crippen molar-refractivity contribution in [3.8, 4) is 0 Å².